The Kier molecular flexibility index (Phi) is 15.6. The molecular weight excluding hydrogens is 508 g/mol. The Hall–Kier alpha value is -3.95. The van der Waals surface area contributed by atoms with Crippen molar-refractivity contribution in [2.24, 2.45) is 32.9 Å². The summed E-state index contributed by atoms with van der Waals surface area (Å²) in [6, 6.07) is 11.5. The minimum Gasteiger partial charge on any atom is -0.759 e. The summed E-state index contributed by atoms with van der Waals surface area (Å²) < 4.78 is 54.8. The van der Waals surface area contributed by atoms with E-state index in [1.165, 1.54) is 0 Å². The van der Waals surface area contributed by atoms with Crippen molar-refractivity contribution < 1.29 is 36.5 Å². The molecule has 0 fully saturated rings. The molecule has 0 atom stereocenters. The largest absolute Gasteiger partial charge is 0.759 e. The van der Waals surface area contributed by atoms with Gasteiger partial charge in [0.2, 0.25) is 0 Å². The van der Waals surface area contributed by atoms with E-state index in [1.54, 1.807) is 28.4 Å². The van der Waals surface area contributed by atoms with Gasteiger partial charge >= 0.3 is 0 Å². The Bertz CT molecular complexity index is 1040. The maximum atomic E-state index is 8.52. The van der Waals surface area contributed by atoms with Gasteiger partial charge in [-0.25, -0.2) is 0 Å². The zero-order valence-electron chi connectivity index (χ0n) is 21.2. The van der Waals surface area contributed by atoms with Crippen molar-refractivity contribution >= 4 is 22.3 Å². The average Bonchev–Trinajstić information content (AvgIpc) is 2.82. The van der Waals surface area contributed by atoms with E-state index in [9.17, 15) is 0 Å². The van der Waals surface area contributed by atoms with Crippen LogP contribution in [0.4, 0.5) is 0 Å². The molecule has 0 aliphatic heterocycles. The number of nitrogens with two attached hydrogens (primary N) is 4. The minimum absolute atomic E-state index is 0.112. The molecule has 0 aliphatic carbocycles. The lowest BCUT2D eigenvalue weighted by Crippen LogP contribution is -2.23. The van der Waals surface area contributed by atoms with Crippen molar-refractivity contribution in [3.8, 4) is 23.0 Å². The third kappa shape index (κ3) is 16.4. The molecule has 15 heteroatoms. The molecular formula is C22H34N6O8S-2. The van der Waals surface area contributed by atoms with Gasteiger partial charge in [-0.05, 0) is 48.2 Å². The van der Waals surface area contributed by atoms with Crippen LogP contribution in [-0.2, 0) is 23.2 Å². The summed E-state index contributed by atoms with van der Waals surface area (Å²) in [5, 5.41) is 0. The van der Waals surface area contributed by atoms with E-state index < -0.39 is 10.4 Å². The van der Waals surface area contributed by atoms with Gasteiger partial charge in [0.1, 0.15) is 0 Å². The van der Waals surface area contributed by atoms with Crippen LogP contribution in [0.2, 0.25) is 0 Å². The van der Waals surface area contributed by atoms with Crippen LogP contribution in [0, 0.1) is 0 Å². The Morgan fingerprint density at radius 2 is 0.973 bits per heavy atom. The Morgan fingerprint density at radius 3 is 1.22 bits per heavy atom. The molecule has 0 bridgehead atoms. The maximum absolute atomic E-state index is 8.52. The number of nitrogens with zero attached hydrogens (tertiary/aromatic N) is 2. The molecule has 0 saturated carbocycles. The molecule has 208 valence electrons. The van der Waals surface area contributed by atoms with Gasteiger partial charge in [0.25, 0.3) is 0 Å². The SMILES string of the molecule is COc1ccc(CCN=C(N)N)cc1OC.COc1ccc(CCN=C(N)N)cc1OC.O=S(=O)([O-])[O-]. The number of guanidine groups is 2. The highest BCUT2D eigenvalue weighted by Crippen LogP contribution is 2.28. The number of methoxy groups -OCH3 is 4. The standard InChI is InChI=1S/2C11H17N3O2.H2O4S/c2*1-15-9-4-3-8(7-10(9)16-2)5-6-14-11(12)13;1-5(2,3)4/h2*3-4,7H,5-6H2,1-2H3,(H4,12,13,14);(H2,1,2,3,4)/p-2. The second-order valence-corrected chi connectivity index (χ2v) is 7.72. The summed E-state index contributed by atoms with van der Waals surface area (Å²) in [5.41, 5.74) is 23.2. The van der Waals surface area contributed by atoms with Gasteiger partial charge in [0, 0.05) is 23.5 Å². The molecule has 37 heavy (non-hydrogen) atoms. The topological polar surface area (TPSA) is 246 Å². The van der Waals surface area contributed by atoms with Crippen LogP contribution < -0.4 is 41.9 Å². The number of hydrogen-bond acceptors (Lipinski definition) is 10. The lowest BCUT2D eigenvalue weighted by Gasteiger charge is -2.08. The lowest BCUT2D eigenvalue weighted by molar-refractivity contribution is 0.352. The molecule has 0 radical (unpaired) electrons. The molecule has 0 aromatic heterocycles. The number of rotatable bonds is 10. The predicted molar refractivity (Wildman–Crippen MR) is 138 cm³/mol. The highest BCUT2D eigenvalue weighted by molar-refractivity contribution is 7.79. The van der Waals surface area contributed by atoms with Crippen LogP contribution in [0.1, 0.15) is 11.1 Å². The van der Waals surface area contributed by atoms with E-state index in [4.69, 9.17) is 59.4 Å². The fourth-order valence-electron chi connectivity index (χ4n) is 2.70. The predicted octanol–water partition coefficient (Wildman–Crippen LogP) is -0.299. The van der Waals surface area contributed by atoms with Crippen molar-refractivity contribution in [2.75, 3.05) is 41.5 Å². The highest BCUT2D eigenvalue weighted by atomic mass is 32.3. The van der Waals surface area contributed by atoms with Gasteiger partial charge < -0.3 is 51.0 Å². The fraction of sp³-hybridized carbons (Fsp3) is 0.364. The normalized spacial score (nSPS) is 9.89. The Labute approximate surface area is 216 Å². The van der Waals surface area contributed by atoms with E-state index >= 15 is 0 Å². The van der Waals surface area contributed by atoms with Crippen LogP contribution in [0.3, 0.4) is 0 Å². The monoisotopic (exact) mass is 542 g/mol. The summed E-state index contributed by atoms with van der Waals surface area (Å²) in [6.45, 7) is 1.13. The maximum Gasteiger partial charge on any atom is 0.185 e. The molecule has 0 amide bonds. The molecule has 0 saturated heterocycles. The van der Waals surface area contributed by atoms with Gasteiger partial charge in [-0.1, -0.05) is 12.1 Å². The summed E-state index contributed by atoms with van der Waals surface area (Å²) in [7, 11) is 1.27. The third-order valence-corrected chi connectivity index (χ3v) is 4.29. The van der Waals surface area contributed by atoms with E-state index in [2.05, 4.69) is 9.98 Å². The van der Waals surface area contributed by atoms with Crippen molar-refractivity contribution in [1.82, 2.24) is 0 Å². The number of aliphatic imine (C=N–C) groups is 2. The smallest absolute Gasteiger partial charge is 0.185 e. The van der Waals surface area contributed by atoms with E-state index in [0.717, 1.165) is 24.0 Å². The van der Waals surface area contributed by atoms with Crippen LogP contribution in [0.25, 0.3) is 0 Å². The van der Waals surface area contributed by atoms with E-state index in [0.29, 0.717) is 36.1 Å². The van der Waals surface area contributed by atoms with Gasteiger partial charge in [0.05, 0.1) is 28.4 Å². The first-order valence-electron chi connectivity index (χ1n) is 10.5. The third-order valence-electron chi connectivity index (χ3n) is 4.29. The number of ether oxygens (including phenoxy) is 4. The van der Waals surface area contributed by atoms with Crippen molar-refractivity contribution in [3.63, 3.8) is 0 Å². The van der Waals surface area contributed by atoms with Gasteiger partial charge in [0.15, 0.2) is 34.9 Å². The van der Waals surface area contributed by atoms with Crippen molar-refractivity contribution in [3.05, 3.63) is 47.5 Å². The summed E-state index contributed by atoms with van der Waals surface area (Å²) in [6.07, 6.45) is 1.52. The van der Waals surface area contributed by atoms with Crippen molar-refractivity contribution in [2.45, 2.75) is 12.8 Å². The highest BCUT2D eigenvalue weighted by Gasteiger charge is 2.05. The first kappa shape index (κ1) is 33.0. The molecule has 0 unspecified atom stereocenters. The molecule has 2 rings (SSSR count). The zero-order valence-corrected chi connectivity index (χ0v) is 22.0. The zero-order chi connectivity index (χ0) is 28.4. The van der Waals surface area contributed by atoms with Gasteiger partial charge in [-0.2, -0.15) is 0 Å². The lowest BCUT2D eigenvalue weighted by atomic mass is 10.1. The number of benzene rings is 2. The van der Waals surface area contributed by atoms with Crippen LogP contribution in [0.15, 0.2) is 46.4 Å². The average molecular weight is 543 g/mol. The molecule has 2 aromatic rings. The molecule has 0 aliphatic rings. The van der Waals surface area contributed by atoms with Crippen LogP contribution in [-0.4, -0.2) is 71.0 Å². The molecule has 0 heterocycles. The van der Waals surface area contributed by atoms with Gasteiger partial charge in [-0.3, -0.25) is 18.4 Å². The summed E-state index contributed by atoms with van der Waals surface area (Å²) in [5.74, 6) is 3.08. The second kappa shape index (κ2) is 17.5. The minimum atomic E-state index is -5.17. The second-order valence-electron chi connectivity index (χ2n) is 6.90. The van der Waals surface area contributed by atoms with Crippen molar-refractivity contribution in [1.29, 1.82) is 0 Å². The molecule has 0 spiro atoms. The Balaban J connectivity index is 0.000000594. The first-order chi connectivity index (χ1) is 17.3. The summed E-state index contributed by atoms with van der Waals surface area (Å²) >= 11 is 0. The molecule has 14 nitrogen and oxygen atoms in total. The quantitative estimate of drug-likeness (QED) is 0.131. The van der Waals surface area contributed by atoms with E-state index in [-0.39, 0.29) is 11.9 Å². The molecule has 8 N–H and O–H groups in total. The molecule has 2 aromatic carbocycles. The van der Waals surface area contributed by atoms with Gasteiger partial charge in [-0.15, -0.1) is 0 Å². The fourth-order valence-corrected chi connectivity index (χ4v) is 2.70. The van der Waals surface area contributed by atoms with E-state index in [1.807, 2.05) is 36.4 Å². The first-order valence-corrected chi connectivity index (χ1v) is 11.9. The van der Waals surface area contributed by atoms with Crippen LogP contribution in [0.5, 0.6) is 23.0 Å². The summed E-state index contributed by atoms with van der Waals surface area (Å²) in [4.78, 5) is 7.84. The number of hydrogen-bond donors (Lipinski definition) is 4. The van der Waals surface area contributed by atoms with Crippen LogP contribution >= 0.6 is 0 Å². The Morgan fingerprint density at radius 1 is 0.676 bits per heavy atom.